The Morgan fingerprint density at radius 3 is 0.975 bits per heavy atom. The first-order valence-corrected chi connectivity index (χ1v) is 19.8. The number of nitrogens with zero attached hydrogens (tertiary/aromatic N) is 1. The van der Waals surface area contributed by atoms with E-state index in [0.717, 1.165) is 22.6 Å². The maximum atomic E-state index is 5.69. The summed E-state index contributed by atoms with van der Waals surface area (Å²) in [5.41, 5.74) is 6.34. The van der Waals surface area contributed by atoms with Gasteiger partial charge in [-0.2, -0.15) is 0 Å². The molecule has 0 N–H and O–H groups in total. The summed E-state index contributed by atoms with van der Waals surface area (Å²) in [6, 6.07) is 19.0. The van der Waals surface area contributed by atoms with Crippen LogP contribution >= 0.6 is 15.8 Å². The van der Waals surface area contributed by atoms with Crippen LogP contribution in [0.5, 0.6) is 0 Å². The van der Waals surface area contributed by atoms with Gasteiger partial charge in [-0.1, -0.05) is 141 Å². The normalized spacial score (nSPS) is 22.4. The van der Waals surface area contributed by atoms with Crippen molar-refractivity contribution in [3.63, 3.8) is 0 Å². The van der Waals surface area contributed by atoms with Gasteiger partial charge in [0, 0.05) is 0 Å². The van der Waals surface area contributed by atoms with Gasteiger partial charge in [-0.05, 0) is 84.6 Å². The van der Waals surface area contributed by atoms with E-state index in [1.54, 1.807) is 10.6 Å². The van der Waals surface area contributed by atoms with E-state index in [1.807, 2.05) is 0 Å². The Balaban J connectivity index is 0.00000323. The van der Waals surface area contributed by atoms with E-state index in [4.69, 9.17) is 5.32 Å². The number of benzene rings is 2. The van der Waals surface area contributed by atoms with Crippen molar-refractivity contribution >= 4 is 37.8 Å². The second-order valence-corrected chi connectivity index (χ2v) is 18.6. The SMILES string of the molecule is [Na+].c1ccc(P(C2CCCCC2)C2CCCCC2)c([N-]c2ccccc2P(C2CCCCC2)C2CCCCC2)c1. The fourth-order valence-corrected chi connectivity index (χ4v) is 16.3. The molecule has 0 heterocycles. The van der Waals surface area contributed by atoms with Crippen LogP contribution in [0, 0.1) is 0 Å². The van der Waals surface area contributed by atoms with Gasteiger partial charge in [0.25, 0.3) is 0 Å². The molecule has 2 aromatic rings. The summed E-state index contributed by atoms with van der Waals surface area (Å²) >= 11 is 0. The number of hydrogen-bond donors (Lipinski definition) is 0. The van der Waals surface area contributed by atoms with Crippen LogP contribution in [-0.4, -0.2) is 22.6 Å². The summed E-state index contributed by atoms with van der Waals surface area (Å²) in [6.07, 6.45) is 29.1. The van der Waals surface area contributed by atoms with Crippen molar-refractivity contribution in [1.82, 2.24) is 0 Å². The van der Waals surface area contributed by atoms with Crippen molar-refractivity contribution in [3.8, 4) is 0 Å². The third kappa shape index (κ3) is 7.78. The minimum Gasteiger partial charge on any atom is -0.657 e. The van der Waals surface area contributed by atoms with Gasteiger partial charge in [0.1, 0.15) is 0 Å². The minimum atomic E-state index is -0.147. The fourth-order valence-electron chi connectivity index (χ4n) is 8.50. The maximum Gasteiger partial charge on any atom is 1.00 e. The van der Waals surface area contributed by atoms with Gasteiger partial charge in [0.15, 0.2) is 0 Å². The summed E-state index contributed by atoms with van der Waals surface area (Å²) in [6.45, 7) is 0. The summed E-state index contributed by atoms with van der Waals surface area (Å²) in [5.74, 6) is 0. The molecule has 0 aliphatic heterocycles. The van der Waals surface area contributed by atoms with Gasteiger partial charge in [-0.25, -0.2) is 0 Å². The average Bonchev–Trinajstić information content (AvgIpc) is 3.01. The third-order valence-electron chi connectivity index (χ3n) is 10.4. The van der Waals surface area contributed by atoms with Crippen LogP contribution in [0.1, 0.15) is 128 Å². The van der Waals surface area contributed by atoms with Gasteiger partial charge in [0.05, 0.1) is 0 Å². The smallest absolute Gasteiger partial charge is 0.657 e. The molecule has 0 saturated heterocycles. The second-order valence-electron chi connectivity index (χ2n) is 13.1. The predicted octanol–water partition coefficient (Wildman–Crippen LogP) is 8.57. The Labute approximate surface area is 270 Å². The van der Waals surface area contributed by atoms with Crippen LogP contribution in [-0.2, 0) is 0 Å². The van der Waals surface area contributed by atoms with Gasteiger partial charge in [-0.15, -0.1) is 11.4 Å². The molecule has 6 rings (SSSR count). The van der Waals surface area contributed by atoms with Gasteiger partial charge >= 0.3 is 29.6 Å². The van der Waals surface area contributed by atoms with Crippen LogP contribution in [0.2, 0.25) is 0 Å². The second kappa shape index (κ2) is 16.2. The van der Waals surface area contributed by atoms with Crippen molar-refractivity contribution in [3.05, 3.63) is 53.8 Å². The van der Waals surface area contributed by atoms with E-state index in [0.29, 0.717) is 0 Å². The first kappa shape index (κ1) is 31.5. The molecule has 0 aromatic heterocycles. The maximum absolute atomic E-state index is 5.69. The molecule has 4 aliphatic rings. The van der Waals surface area contributed by atoms with Crippen molar-refractivity contribution in [2.75, 3.05) is 0 Å². The van der Waals surface area contributed by atoms with Crippen molar-refractivity contribution in [2.45, 2.75) is 151 Å². The largest absolute Gasteiger partial charge is 1.00 e. The number of rotatable bonds is 8. The van der Waals surface area contributed by atoms with Crippen LogP contribution in [0.25, 0.3) is 5.32 Å². The molecule has 0 spiro atoms. The molecule has 4 saturated carbocycles. The number of hydrogen-bond acceptors (Lipinski definition) is 0. The molecule has 4 fully saturated rings. The standard InChI is InChI=1S/C36H52NP2.Na/c1-5-17-29(18-6-1)38(30-19-7-2-8-20-30)35-27-15-13-25-33(35)37-34-26-14-16-28-36(34)39(31-21-9-3-10-22-31)32-23-11-4-12-24-32;/h13-16,25-32H,1-12,17-24H2;/q-1;+1. The molecular weight excluding hydrogens is 531 g/mol. The third-order valence-corrected chi connectivity index (χ3v) is 17.5. The van der Waals surface area contributed by atoms with E-state index in [1.165, 1.54) is 140 Å². The van der Waals surface area contributed by atoms with Crippen LogP contribution in [0.4, 0.5) is 11.4 Å². The van der Waals surface area contributed by atoms with E-state index in [9.17, 15) is 0 Å². The van der Waals surface area contributed by atoms with E-state index in [2.05, 4.69) is 48.5 Å². The van der Waals surface area contributed by atoms with E-state index >= 15 is 0 Å². The molecule has 0 radical (unpaired) electrons. The van der Waals surface area contributed by atoms with Crippen LogP contribution in [0.3, 0.4) is 0 Å². The summed E-state index contributed by atoms with van der Waals surface area (Å²) in [4.78, 5) is 0. The zero-order valence-corrected chi connectivity index (χ0v) is 29.2. The average molecular weight is 584 g/mol. The molecule has 0 atom stereocenters. The van der Waals surface area contributed by atoms with Crippen LogP contribution < -0.4 is 40.2 Å². The molecule has 4 heteroatoms. The summed E-state index contributed by atoms with van der Waals surface area (Å²) < 4.78 is 0. The monoisotopic (exact) mass is 583 g/mol. The molecule has 2 aromatic carbocycles. The zero-order chi connectivity index (χ0) is 26.3. The Morgan fingerprint density at radius 1 is 0.400 bits per heavy atom. The quantitative estimate of drug-likeness (QED) is 0.218. The topological polar surface area (TPSA) is 14.1 Å². The van der Waals surface area contributed by atoms with E-state index in [-0.39, 0.29) is 45.4 Å². The first-order chi connectivity index (χ1) is 19.4. The summed E-state index contributed by atoms with van der Waals surface area (Å²) in [5, 5.41) is 9.00. The first-order valence-electron chi connectivity index (χ1n) is 16.8. The molecule has 0 amide bonds. The van der Waals surface area contributed by atoms with Crippen molar-refractivity contribution in [2.24, 2.45) is 0 Å². The molecule has 0 unspecified atom stereocenters. The fraction of sp³-hybridized carbons (Fsp3) is 0.667. The number of para-hydroxylation sites is 2. The Kier molecular flexibility index (Phi) is 12.8. The van der Waals surface area contributed by atoms with Gasteiger partial charge < -0.3 is 5.32 Å². The molecule has 40 heavy (non-hydrogen) atoms. The molecule has 1 nitrogen and oxygen atoms in total. The minimum absolute atomic E-state index is 0. The molecule has 0 bridgehead atoms. The van der Waals surface area contributed by atoms with Gasteiger partial charge in [0.2, 0.25) is 0 Å². The molecule has 4 aliphatic carbocycles. The predicted molar refractivity (Wildman–Crippen MR) is 176 cm³/mol. The Bertz CT molecular complexity index is 901. The summed E-state index contributed by atoms with van der Waals surface area (Å²) in [7, 11) is -0.294. The Morgan fingerprint density at radius 2 is 0.675 bits per heavy atom. The zero-order valence-electron chi connectivity index (χ0n) is 25.4. The Hall–Kier alpha value is 0.1000. The van der Waals surface area contributed by atoms with E-state index < -0.39 is 0 Å². The van der Waals surface area contributed by atoms with Crippen LogP contribution in [0.15, 0.2) is 48.5 Å². The molecular formula is C36H52NNaP2. The molecule has 212 valence electrons. The van der Waals surface area contributed by atoms with Gasteiger partial charge in [-0.3, -0.25) is 0 Å². The van der Waals surface area contributed by atoms with Crippen molar-refractivity contribution < 1.29 is 29.6 Å². The van der Waals surface area contributed by atoms with Crippen molar-refractivity contribution in [1.29, 1.82) is 0 Å².